The van der Waals surface area contributed by atoms with E-state index < -0.39 is 24.1 Å². The number of carboxylic acids is 1. The lowest BCUT2D eigenvalue weighted by molar-refractivity contribution is -0.139. The van der Waals surface area contributed by atoms with Gasteiger partial charge in [0, 0.05) is 3.57 Å². The quantitative estimate of drug-likeness (QED) is 0.645. The highest BCUT2D eigenvalue weighted by atomic mass is 127. The first-order valence-electron chi connectivity index (χ1n) is 5.56. The Morgan fingerprint density at radius 2 is 1.95 bits per heavy atom. The molecular weight excluding hydrogens is 363 g/mol. The van der Waals surface area contributed by atoms with E-state index in [1.165, 1.54) is 6.07 Å². The fourth-order valence-electron chi connectivity index (χ4n) is 1.23. The number of halogens is 1. The van der Waals surface area contributed by atoms with E-state index in [0.29, 0.717) is 11.3 Å². The Hall–Kier alpha value is -1.31. The van der Waals surface area contributed by atoms with Crippen LogP contribution in [0.15, 0.2) is 18.2 Å². The van der Waals surface area contributed by atoms with Gasteiger partial charge in [-0.05, 0) is 61.6 Å². The van der Waals surface area contributed by atoms with E-state index in [0.717, 1.165) is 3.57 Å². The SMILES string of the molecule is CC(C)(C)OC(=O)c1cc(OCC(=O)O)ccc1I. The minimum absolute atomic E-state index is 0.323. The summed E-state index contributed by atoms with van der Waals surface area (Å²) in [5.74, 6) is -1.21. The Labute approximate surface area is 125 Å². The zero-order valence-electron chi connectivity index (χ0n) is 10.9. The highest BCUT2D eigenvalue weighted by Gasteiger charge is 2.20. The van der Waals surface area contributed by atoms with Crippen molar-refractivity contribution < 1.29 is 24.2 Å². The van der Waals surface area contributed by atoms with Gasteiger partial charge in [0.25, 0.3) is 0 Å². The predicted octanol–water partition coefficient (Wildman–Crippen LogP) is 2.71. The monoisotopic (exact) mass is 378 g/mol. The molecule has 0 saturated heterocycles. The van der Waals surface area contributed by atoms with Gasteiger partial charge in [-0.3, -0.25) is 0 Å². The van der Waals surface area contributed by atoms with Crippen molar-refractivity contribution in [1.29, 1.82) is 0 Å². The maximum atomic E-state index is 12.0. The number of carbonyl (C=O) groups is 2. The van der Waals surface area contributed by atoms with Crippen LogP contribution in [-0.4, -0.2) is 29.3 Å². The third-order valence-corrected chi connectivity index (χ3v) is 2.86. The summed E-state index contributed by atoms with van der Waals surface area (Å²) in [5.41, 5.74) is -0.226. The average Bonchev–Trinajstić information content (AvgIpc) is 2.25. The molecule has 0 unspecified atom stereocenters. The lowest BCUT2D eigenvalue weighted by Gasteiger charge is -2.20. The molecular formula is C13H15IO5. The van der Waals surface area contributed by atoms with Gasteiger partial charge in [-0.25, -0.2) is 9.59 Å². The van der Waals surface area contributed by atoms with E-state index in [1.54, 1.807) is 32.9 Å². The highest BCUT2D eigenvalue weighted by Crippen LogP contribution is 2.22. The summed E-state index contributed by atoms with van der Waals surface area (Å²) in [4.78, 5) is 22.4. The molecule has 0 heterocycles. The van der Waals surface area contributed by atoms with Gasteiger partial charge < -0.3 is 14.6 Å². The lowest BCUT2D eigenvalue weighted by atomic mass is 10.1. The largest absolute Gasteiger partial charge is 0.482 e. The molecule has 0 bridgehead atoms. The minimum atomic E-state index is -1.07. The first-order chi connectivity index (χ1) is 8.69. The van der Waals surface area contributed by atoms with Gasteiger partial charge in [-0.2, -0.15) is 0 Å². The number of hydrogen-bond donors (Lipinski definition) is 1. The molecule has 1 aromatic carbocycles. The van der Waals surface area contributed by atoms with Crippen molar-refractivity contribution in [3.63, 3.8) is 0 Å². The number of benzene rings is 1. The van der Waals surface area contributed by atoms with Gasteiger partial charge in [-0.15, -0.1) is 0 Å². The molecule has 0 saturated carbocycles. The number of rotatable bonds is 4. The van der Waals surface area contributed by atoms with Crippen molar-refractivity contribution in [3.8, 4) is 5.75 Å². The molecule has 0 aliphatic heterocycles. The van der Waals surface area contributed by atoms with Crippen LogP contribution in [0.25, 0.3) is 0 Å². The molecule has 1 rings (SSSR count). The van der Waals surface area contributed by atoms with Gasteiger partial charge >= 0.3 is 11.9 Å². The number of hydrogen-bond acceptors (Lipinski definition) is 4. The Bertz CT molecular complexity index is 490. The fraction of sp³-hybridized carbons (Fsp3) is 0.385. The fourth-order valence-corrected chi connectivity index (χ4v) is 1.78. The van der Waals surface area contributed by atoms with Gasteiger partial charge in [0.05, 0.1) is 5.56 Å². The normalized spacial score (nSPS) is 10.9. The van der Waals surface area contributed by atoms with Crippen molar-refractivity contribution in [3.05, 3.63) is 27.3 Å². The smallest absolute Gasteiger partial charge is 0.341 e. The molecule has 0 aliphatic rings. The van der Waals surface area contributed by atoms with Gasteiger partial charge in [0.1, 0.15) is 11.4 Å². The Morgan fingerprint density at radius 1 is 1.32 bits per heavy atom. The van der Waals surface area contributed by atoms with E-state index in [1.807, 2.05) is 22.6 Å². The molecule has 1 N–H and O–H groups in total. The summed E-state index contributed by atoms with van der Waals surface area (Å²) in [6.07, 6.45) is 0. The first-order valence-corrected chi connectivity index (χ1v) is 6.64. The van der Waals surface area contributed by atoms with Crippen molar-refractivity contribution in [2.75, 3.05) is 6.61 Å². The topological polar surface area (TPSA) is 72.8 Å². The molecule has 5 nitrogen and oxygen atoms in total. The number of esters is 1. The van der Waals surface area contributed by atoms with Crippen LogP contribution < -0.4 is 4.74 Å². The Kier molecular flexibility index (Phi) is 5.16. The molecule has 0 spiro atoms. The summed E-state index contributed by atoms with van der Waals surface area (Å²) < 4.78 is 11.0. The van der Waals surface area contributed by atoms with Crippen molar-refractivity contribution in [2.45, 2.75) is 26.4 Å². The summed E-state index contributed by atoms with van der Waals surface area (Å²) in [5, 5.41) is 8.54. The minimum Gasteiger partial charge on any atom is -0.482 e. The summed E-state index contributed by atoms with van der Waals surface area (Å²) in [6.45, 7) is 4.89. The zero-order chi connectivity index (χ0) is 14.6. The summed E-state index contributed by atoms with van der Waals surface area (Å²) in [7, 11) is 0. The highest BCUT2D eigenvalue weighted by molar-refractivity contribution is 14.1. The van der Waals surface area contributed by atoms with Crippen LogP contribution in [0.2, 0.25) is 0 Å². The van der Waals surface area contributed by atoms with Crippen LogP contribution in [0.5, 0.6) is 5.75 Å². The van der Waals surface area contributed by atoms with Gasteiger partial charge in [-0.1, -0.05) is 0 Å². The number of aliphatic carboxylic acids is 1. The first kappa shape index (κ1) is 15.7. The molecule has 0 atom stereocenters. The maximum absolute atomic E-state index is 12.0. The van der Waals surface area contributed by atoms with Gasteiger partial charge in [0.15, 0.2) is 6.61 Å². The van der Waals surface area contributed by atoms with Crippen LogP contribution in [-0.2, 0) is 9.53 Å². The van der Waals surface area contributed by atoms with Crippen LogP contribution in [0, 0.1) is 3.57 Å². The van der Waals surface area contributed by atoms with E-state index in [9.17, 15) is 9.59 Å². The van der Waals surface area contributed by atoms with Crippen LogP contribution >= 0.6 is 22.6 Å². The molecule has 0 fully saturated rings. The zero-order valence-corrected chi connectivity index (χ0v) is 13.1. The van der Waals surface area contributed by atoms with Crippen LogP contribution in [0.1, 0.15) is 31.1 Å². The molecule has 6 heteroatoms. The summed E-state index contributed by atoms with van der Waals surface area (Å²) in [6, 6.07) is 4.77. The Balaban J connectivity index is 2.90. The number of carboxylic acid groups (broad SMARTS) is 1. The second-order valence-electron chi connectivity index (χ2n) is 4.83. The molecule has 0 amide bonds. The number of ether oxygens (including phenoxy) is 2. The van der Waals surface area contributed by atoms with E-state index >= 15 is 0 Å². The number of carbonyl (C=O) groups excluding carboxylic acids is 1. The van der Waals surface area contributed by atoms with Crippen LogP contribution in [0.4, 0.5) is 0 Å². The van der Waals surface area contributed by atoms with Crippen molar-refractivity contribution in [2.24, 2.45) is 0 Å². The van der Waals surface area contributed by atoms with Crippen LogP contribution in [0.3, 0.4) is 0 Å². The van der Waals surface area contributed by atoms with Gasteiger partial charge in [0.2, 0.25) is 0 Å². The van der Waals surface area contributed by atoms with E-state index in [2.05, 4.69) is 0 Å². The van der Waals surface area contributed by atoms with Crippen molar-refractivity contribution >= 4 is 34.5 Å². The summed E-state index contributed by atoms with van der Waals surface area (Å²) >= 11 is 2.01. The molecule has 0 aliphatic carbocycles. The van der Waals surface area contributed by atoms with Crippen molar-refractivity contribution in [1.82, 2.24) is 0 Å². The Morgan fingerprint density at radius 3 is 2.47 bits per heavy atom. The predicted molar refractivity (Wildman–Crippen MR) is 77.5 cm³/mol. The molecule has 0 aromatic heterocycles. The molecule has 0 radical (unpaired) electrons. The van der Waals surface area contributed by atoms with E-state index in [4.69, 9.17) is 14.6 Å². The maximum Gasteiger partial charge on any atom is 0.341 e. The third-order valence-electron chi connectivity index (χ3n) is 1.92. The standard InChI is InChI=1S/C13H15IO5/c1-13(2,3)19-12(17)9-6-8(4-5-10(9)14)18-7-11(15)16/h4-6H,7H2,1-3H3,(H,15,16). The average molecular weight is 378 g/mol. The lowest BCUT2D eigenvalue weighted by Crippen LogP contribution is -2.24. The third kappa shape index (κ3) is 5.46. The molecule has 1 aromatic rings. The molecule has 104 valence electrons. The second kappa shape index (κ2) is 6.23. The van der Waals surface area contributed by atoms with E-state index in [-0.39, 0.29) is 0 Å². The second-order valence-corrected chi connectivity index (χ2v) is 5.99. The molecule has 19 heavy (non-hydrogen) atoms.